The van der Waals surface area contributed by atoms with Crippen LogP contribution in [0.3, 0.4) is 0 Å². The lowest BCUT2D eigenvalue weighted by Crippen LogP contribution is -2.53. The number of hydrogen-bond acceptors (Lipinski definition) is 6. The predicted octanol–water partition coefficient (Wildman–Crippen LogP) is 6.43. The van der Waals surface area contributed by atoms with Gasteiger partial charge < -0.3 is 15.0 Å². The summed E-state index contributed by atoms with van der Waals surface area (Å²) in [5.74, 6) is 1.61. The van der Waals surface area contributed by atoms with E-state index in [1.165, 1.54) is 27.8 Å². The molecule has 0 unspecified atom stereocenters. The molecule has 1 fully saturated rings. The molecule has 1 aromatic heterocycles. The Kier molecular flexibility index (Phi) is 6.11. The van der Waals surface area contributed by atoms with Crippen molar-refractivity contribution >= 4 is 43.6 Å². The minimum absolute atomic E-state index is 0.264. The number of ether oxygens (including phenoxy) is 1. The van der Waals surface area contributed by atoms with E-state index in [0.717, 1.165) is 60.3 Å². The molecule has 5 nitrogen and oxygen atoms in total. The fourth-order valence-electron chi connectivity index (χ4n) is 5.19. The first-order chi connectivity index (χ1) is 17.6. The van der Waals surface area contributed by atoms with Crippen molar-refractivity contribution in [2.75, 3.05) is 39.1 Å². The summed E-state index contributed by atoms with van der Waals surface area (Å²) in [7, 11) is 3.93. The zero-order chi connectivity index (χ0) is 24.6. The molecule has 0 radical (unpaired) electrons. The lowest BCUT2D eigenvalue weighted by atomic mass is 10.0. The maximum Gasteiger partial charge on any atom is 0.140 e. The second-order valence-electron chi connectivity index (χ2n) is 9.49. The average molecular weight is 501 g/mol. The Morgan fingerprint density at radius 2 is 1.97 bits per heavy atom. The van der Waals surface area contributed by atoms with Crippen LogP contribution in [0, 0.1) is 5.82 Å². The van der Waals surface area contributed by atoms with E-state index >= 15 is 0 Å². The van der Waals surface area contributed by atoms with Gasteiger partial charge in [0.05, 0.1) is 24.0 Å². The number of nitrogens with zero attached hydrogens (tertiary/aromatic N) is 3. The van der Waals surface area contributed by atoms with Gasteiger partial charge >= 0.3 is 0 Å². The molecule has 2 aliphatic rings. The van der Waals surface area contributed by atoms with Crippen LogP contribution in [0.5, 0.6) is 5.75 Å². The highest BCUT2D eigenvalue weighted by Crippen LogP contribution is 2.43. The number of anilines is 2. The maximum absolute atomic E-state index is 14.1. The molecule has 0 bridgehead atoms. The summed E-state index contributed by atoms with van der Waals surface area (Å²) in [6.07, 6.45) is 2.04. The fourth-order valence-corrected chi connectivity index (χ4v) is 6.30. The summed E-state index contributed by atoms with van der Waals surface area (Å²) in [5, 5.41) is 5.70. The molecule has 7 heteroatoms. The van der Waals surface area contributed by atoms with Crippen molar-refractivity contribution in [3.8, 4) is 5.75 Å². The zero-order valence-electron chi connectivity index (χ0n) is 20.5. The summed E-state index contributed by atoms with van der Waals surface area (Å²) >= 11 is 1.70. The van der Waals surface area contributed by atoms with Crippen LogP contribution in [0.2, 0.25) is 0 Å². The quantitative estimate of drug-likeness (QED) is 0.350. The van der Waals surface area contributed by atoms with E-state index in [9.17, 15) is 4.39 Å². The van der Waals surface area contributed by atoms with Gasteiger partial charge in [0.2, 0.25) is 0 Å². The fraction of sp³-hybridized carbons (Fsp3) is 0.276. The van der Waals surface area contributed by atoms with Crippen LogP contribution in [0.1, 0.15) is 17.5 Å². The second kappa shape index (κ2) is 9.56. The lowest BCUT2D eigenvalue weighted by molar-refractivity contribution is 0.134. The molecule has 2 aliphatic heterocycles. The number of thiophene rings is 1. The number of piperazine rings is 1. The van der Waals surface area contributed by atoms with E-state index in [-0.39, 0.29) is 5.82 Å². The summed E-state index contributed by atoms with van der Waals surface area (Å²) in [4.78, 5) is 10.0. The Balaban J connectivity index is 1.34. The Labute approximate surface area is 214 Å². The average Bonchev–Trinajstić information content (AvgIpc) is 3.17. The number of aliphatic imine (C=N–C) groups is 1. The highest BCUT2D eigenvalue weighted by molar-refractivity contribution is 7.23. The second-order valence-corrected chi connectivity index (χ2v) is 10.5. The third-order valence-corrected chi connectivity index (χ3v) is 8.32. The van der Waals surface area contributed by atoms with Gasteiger partial charge in [-0.25, -0.2) is 9.38 Å². The van der Waals surface area contributed by atoms with Crippen LogP contribution in [0.25, 0.3) is 10.1 Å². The SMILES string of the molecule is COc1cccc(CC[C@H]2CN(C3=Nc4ccc(F)cc4Nc4sc5ccccc5c43)CCN2C)c1. The number of benzene rings is 3. The van der Waals surface area contributed by atoms with E-state index in [4.69, 9.17) is 9.73 Å². The monoisotopic (exact) mass is 500 g/mol. The van der Waals surface area contributed by atoms with Gasteiger partial charge in [-0.15, -0.1) is 11.3 Å². The largest absolute Gasteiger partial charge is 0.497 e. The van der Waals surface area contributed by atoms with Crippen LogP contribution in [0.4, 0.5) is 20.8 Å². The number of fused-ring (bicyclic) bond motifs is 4. The van der Waals surface area contributed by atoms with Gasteiger partial charge in [-0.3, -0.25) is 4.90 Å². The first kappa shape index (κ1) is 23.0. The highest BCUT2D eigenvalue weighted by Gasteiger charge is 2.31. The first-order valence-electron chi connectivity index (χ1n) is 12.3. The van der Waals surface area contributed by atoms with Crippen LogP contribution < -0.4 is 10.1 Å². The van der Waals surface area contributed by atoms with Crippen molar-refractivity contribution in [2.24, 2.45) is 4.99 Å². The third kappa shape index (κ3) is 4.33. The van der Waals surface area contributed by atoms with Crippen molar-refractivity contribution in [3.63, 3.8) is 0 Å². The molecule has 184 valence electrons. The Hall–Kier alpha value is -3.42. The number of likely N-dealkylation sites (N-methyl/N-ethyl adjacent to an activating group) is 1. The molecule has 3 aromatic carbocycles. The summed E-state index contributed by atoms with van der Waals surface area (Å²) in [5.41, 5.74) is 3.88. The molecule has 0 amide bonds. The number of rotatable bonds is 4. The van der Waals surface area contributed by atoms with E-state index in [1.54, 1.807) is 24.5 Å². The van der Waals surface area contributed by atoms with Crippen molar-refractivity contribution in [2.45, 2.75) is 18.9 Å². The topological polar surface area (TPSA) is 40.1 Å². The van der Waals surface area contributed by atoms with Gasteiger partial charge in [-0.2, -0.15) is 0 Å². The summed E-state index contributed by atoms with van der Waals surface area (Å²) in [6, 6.07) is 22.0. The first-order valence-corrected chi connectivity index (χ1v) is 13.2. The van der Waals surface area contributed by atoms with Crippen LogP contribution >= 0.6 is 11.3 Å². The van der Waals surface area contributed by atoms with Crippen LogP contribution in [0.15, 0.2) is 71.7 Å². The van der Waals surface area contributed by atoms with Gasteiger partial charge in [0.15, 0.2) is 0 Å². The van der Waals surface area contributed by atoms with Gasteiger partial charge in [0, 0.05) is 35.8 Å². The van der Waals surface area contributed by atoms with Crippen molar-refractivity contribution in [1.82, 2.24) is 9.80 Å². The van der Waals surface area contributed by atoms with Crippen molar-refractivity contribution < 1.29 is 9.13 Å². The Bertz CT molecular complexity index is 1450. The lowest BCUT2D eigenvalue weighted by Gasteiger charge is -2.41. The predicted molar refractivity (Wildman–Crippen MR) is 147 cm³/mol. The number of nitrogens with one attached hydrogen (secondary N) is 1. The normalized spacial score (nSPS) is 17.7. The van der Waals surface area contributed by atoms with Crippen LogP contribution in [-0.4, -0.2) is 55.5 Å². The number of methoxy groups -OCH3 is 1. The van der Waals surface area contributed by atoms with Gasteiger partial charge in [-0.1, -0.05) is 30.3 Å². The standard InChI is InChI=1S/C29H29FN4OS/c1-33-14-15-34(18-21(33)12-10-19-6-5-7-22(16-19)35-2)28-27-23-8-3-4-9-26(23)36-29(27)32-25-17-20(30)11-13-24(25)31-28/h3-9,11,13,16-17,21,32H,10,12,14-15,18H2,1-2H3/t21-/m0/s1. The van der Waals surface area contributed by atoms with E-state index < -0.39 is 0 Å². The molecule has 1 saturated heterocycles. The van der Waals surface area contributed by atoms with E-state index in [0.29, 0.717) is 11.7 Å². The molecule has 4 aromatic rings. The number of hydrogen-bond donors (Lipinski definition) is 1. The molecule has 1 atom stereocenters. The number of aryl methyl sites for hydroxylation is 1. The Morgan fingerprint density at radius 1 is 1.08 bits per heavy atom. The molecule has 3 heterocycles. The molecule has 0 aliphatic carbocycles. The van der Waals surface area contributed by atoms with Gasteiger partial charge in [-0.05, 0) is 61.9 Å². The van der Waals surface area contributed by atoms with Crippen LogP contribution in [-0.2, 0) is 6.42 Å². The van der Waals surface area contributed by atoms with E-state index in [1.807, 2.05) is 6.07 Å². The Morgan fingerprint density at radius 3 is 2.86 bits per heavy atom. The van der Waals surface area contributed by atoms with Gasteiger partial charge in [0.1, 0.15) is 22.4 Å². The maximum atomic E-state index is 14.1. The minimum atomic E-state index is -0.264. The third-order valence-electron chi connectivity index (χ3n) is 7.23. The minimum Gasteiger partial charge on any atom is -0.497 e. The summed E-state index contributed by atoms with van der Waals surface area (Å²) < 4.78 is 20.7. The van der Waals surface area contributed by atoms with Crippen molar-refractivity contribution in [1.29, 1.82) is 0 Å². The molecular weight excluding hydrogens is 471 g/mol. The molecule has 36 heavy (non-hydrogen) atoms. The van der Waals surface area contributed by atoms with Gasteiger partial charge in [0.25, 0.3) is 0 Å². The molecular formula is C29H29FN4OS. The molecule has 1 N–H and O–H groups in total. The molecule has 0 saturated carbocycles. The summed E-state index contributed by atoms with van der Waals surface area (Å²) in [6.45, 7) is 2.74. The van der Waals surface area contributed by atoms with E-state index in [2.05, 4.69) is 64.6 Å². The zero-order valence-corrected chi connectivity index (χ0v) is 21.3. The highest BCUT2D eigenvalue weighted by atomic mass is 32.1. The van der Waals surface area contributed by atoms with Crippen molar-refractivity contribution in [3.05, 3.63) is 83.7 Å². The number of halogens is 1. The molecule has 0 spiro atoms. The smallest absolute Gasteiger partial charge is 0.140 e. The molecule has 6 rings (SSSR count). The number of amidine groups is 1.